The second-order valence-corrected chi connectivity index (χ2v) is 3.76. The zero-order valence-electron chi connectivity index (χ0n) is 6.85. The van der Waals surface area contributed by atoms with Crippen molar-refractivity contribution in [2.24, 2.45) is 0 Å². The SMILES string of the molecule is C=CCONC1CNCC=C1I. The molecule has 0 saturated heterocycles. The first-order valence-electron chi connectivity index (χ1n) is 3.89. The van der Waals surface area contributed by atoms with Gasteiger partial charge < -0.3 is 5.32 Å². The van der Waals surface area contributed by atoms with Crippen LogP contribution in [0.15, 0.2) is 22.3 Å². The van der Waals surface area contributed by atoms with E-state index in [9.17, 15) is 0 Å². The number of nitrogens with one attached hydrogen (secondary N) is 2. The fourth-order valence-electron chi connectivity index (χ4n) is 0.943. The Morgan fingerprint density at radius 1 is 1.92 bits per heavy atom. The molecule has 1 unspecified atom stereocenters. The summed E-state index contributed by atoms with van der Waals surface area (Å²) in [6.45, 7) is 5.99. The quantitative estimate of drug-likeness (QED) is 0.349. The van der Waals surface area contributed by atoms with E-state index in [1.807, 2.05) is 0 Å². The minimum absolute atomic E-state index is 0.291. The molecule has 1 aliphatic rings. The highest BCUT2D eigenvalue weighted by Crippen LogP contribution is 2.13. The third-order valence-corrected chi connectivity index (χ3v) is 2.74. The molecule has 12 heavy (non-hydrogen) atoms. The molecule has 1 atom stereocenters. The van der Waals surface area contributed by atoms with E-state index in [-0.39, 0.29) is 0 Å². The molecule has 0 fully saturated rings. The van der Waals surface area contributed by atoms with Crippen LogP contribution in [-0.4, -0.2) is 25.7 Å². The summed E-state index contributed by atoms with van der Waals surface area (Å²) in [6.07, 6.45) is 3.87. The third-order valence-electron chi connectivity index (χ3n) is 1.55. The van der Waals surface area contributed by atoms with Gasteiger partial charge in [-0.15, -0.1) is 6.58 Å². The van der Waals surface area contributed by atoms with Crippen LogP contribution in [-0.2, 0) is 4.84 Å². The van der Waals surface area contributed by atoms with Crippen molar-refractivity contribution >= 4 is 22.6 Å². The normalized spacial score (nSPS) is 23.4. The first-order valence-corrected chi connectivity index (χ1v) is 4.97. The minimum Gasteiger partial charge on any atom is -0.311 e. The van der Waals surface area contributed by atoms with Gasteiger partial charge in [-0.1, -0.05) is 12.2 Å². The minimum atomic E-state index is 0.291. The van der Waals surface area contributed by atoms with Gasteiger partial charge in [0.15, 0.2) is 0 Å². The number of rotatable bonds is 4. The largest absolute Gasteiger partial charge is 0.311 e. The van der Waals surface area contributed by atoms with Crippen LogP contribution < -0.4 is 10.8 Å². The van der Waals surface area contributed by atoms with Crippen LogP contribution in [0.3, 0.4) is 0 Å². The fourth-order valence-corrected chi connectivity index (χ4v) is 1.51. The van der Waals surface area contributed by atoms with Gasteiger partial charge in [0, 0.05) is 16.7 Å². The van der Waals surface area contributed by atoms with Crippen molar-refractivity contribution in [1.29, 1.82) is 0 Å². The summed E-state index contributed by atoms with van der Waals surface area (Å²) in [5.41, 5.74) is 2.96. The fraction of sp³-hybridized carbons (Fsp3) is 0.500. The highest BCUT2D eigenvalue weighted by Gasteiger charge is 2.14. The average molecular weight is 280 g/mol. The van der Waals surface area contributed by atoms with Crippen molar-refractivity contribution in [3.05, 3.63) is 22.3 Å². The summed E-state index contributed by atoms with van der Waals surface area (Å²) in [7, 11) is 0. The summed E-state index contributed by atoms with van der Waals surface area (Å²) in [5, 5.41) is 3.24. The van der Waals surface area contributed by atoms with Gasteiger partial charge in [-0.05, 0) is 22.6 Å². The maximum atomic E-state index is 5.14. The topological polar surface area (TPSA) is 33.3 Å². The smallest absolute Gasteiger partial charge is 0.0861 e. The van der Waals surface area contributed by atoms with Crippen LogP contribution in [0.1, 0.15) is 0 Å². The second kappa shape index (κ2) is 5.69. The van der Waals surface area contributed by atoms with Crippen molar-refractivity contribution in [1.82, 2.24) is 10.8 Å². The molecule has 3 nitrogen and oxygen atoms in total. The highest BCUT2D eigenvalue weighted by molar-refractivity contribution is 14.1. The molecule has 1 rings (SSSR count). The van der Waals surface area contributed by atoms with Gasteiger partial charge in [0.05, 0.1) is 12.6 Å². The zero-order chi connectivity index (χ0) is 8.81. The van der Waals surface area contributed by atoms with E-state index in [4.69, 9.17) is 4.84 Å². The van der Waals surface area contributed by atoms with Crippen LogP contribution in [0.2, 0.25) is 0 Å². The van der Waals surface area contributed by atoms with E-state index in [1.54, 1.807) is 6.08 Å². The Hall–Kier alpha value is 0.0900. The molecule has 0 aromatic heterocycles. The molecule has 0 aromatic carbocycles. The molecule has 4 heteroatoms. The van der Waals surface area contributed by atoms with E-state index in [0.29, 0.717) is 12.6 Å². The molecule has 0 saturated carbocycles. The Bertz CT molecular complexity index is 182. The average Bonchev–Trinajstić information content (AvgIpc) is 2.09. The van der Waals surface area contributed by atoms with Crippen molar-refractivity contribution < 1.29 is 4.84 Å². The monoisotopic (exact) mass is 280 g/mol. The molecule has 1 heterocycles. The lowest BCUT2D eigenvalue weighted by Crippen LogP contribution is -2.42. The van der Waals surface area contributed by atoms with Gasteiger partial charge in [-0.25, -0.2) is 0 Å². The first kappa shape index (κ1) is 10.2. The Morgan fingerprint density at radius 3 is 3.42 bits per heavy atom. The summed E-state index contributed by atoms with van der Waals surface area (Å²) < 4.78 is 1.30. The van der Waals surface area contributed by atoms with Gasteiger partial charge in [-0.3, -0.25) is 4.84 Å². The lowest BCUT2D eigenvalue weighted by molar-refractivity contribution is 0.0452. The Labute approximate surface area is 86.3 Å². The van der Waals surface area contributed by atoms with Crippen LogP contribution in [0.4, 0.5) is 0 Å². The van der Waals surface area contributed by atoms with Crippen molar-refractivity contribution in [2.75, 3.05) is 19.7 Å². The molecular formula is C8H13IN2O. The predicted molar refractivity (Wildman–Crippen MR) is 58.0 cm³/mol. The third kappa shape index (κ3) is 3.22. The van der Waals surface area contributed by atoms with Gasteiger partial charge in [0.2, 0.25) is 0 Å². The van der Waals surface area contributed by atoms with Gasteiger partial charge in [0.25, 0.3) is 0 Å². The van der Waals surface area contributed by atoms with E-state index in [0.717, 1.165) is 13.1 Å². The van der Waals surface area contributed by atoms with Crippen molar-refractivity contribution in [2.45, 2.75) is 6.04 Å². The highest BCUT2D eigenvalue weighted by atomic mass is 127. The lowest BCUT2D eigenvalue weighted by Gasteiger charge is -2.21. The number of hydrogen-bond donors (Lipinski definition) is 2. The number of halogens is 1. The summed E-state index contributed by atoms with van der Waals surface area (Å²) in [4.78, 5) is 5.14. The predicted octanol–water partition coefficient (Wildman–Crippen LogP) is 0.984. The van der Waals surface area contributed by atoms with E-state index >= 15 is 0 Å². The Balaban J connectivity index is 2.25. The second-order valence-electron chi connectivity index (χ2n) is 2.52. The molecule has 0 aromatic rings. The van der Waals surface area contributed by atoms with Gasteiger partial charge in [0.1, 0.15) is 0 Å². The standard InChI is InChI=1S/C8H13IN2O/c1-2-5-12-11-8-6-10-4-3-7(8)9/h2-3,8,10-11H,1,4-6H2. The molecule has 0 amide bonds. The van der Waals surface area contributed by atoms with Crippen LogP contribution in [0, 0.1) is 0 Å². The van der Waals surface area contributed by atoms with E-state index in [1.165, 1.54) is 3.58 Å². The molecule has 0 bridgehead atoms. The maximum Gasteiger partial charge on any atom is 0.0861 e. The van der Waals surface area contributed by atoms with E-state index in [2.05, 4.69) is 46.0 Å². The zero-order valence-corrected chi connectivity index (χ0v) is 9.00. The summed E-state index contributed by atoms with van der Waals surface area (Å²) >= 11 is 2.32. The number of hydroxylamine groups is 1. The molecule has 0 aliphatic carbocycles. The van der Waals surface area contributed by atoms with Gasteiger partial charge in [-0.2, -0.15) is 5.48 Å². The van der Waals surface area contributed by atoms with Crippen LogP contribution in [0.5, 0.6) is 0 Å². The molecule has 68 valence electrons. The molecule has 2 N–H and O–H groups in total. The lowest BCUT2D eigenvalue weighted by atomic mass is 10.2. The van der Waals surface area contributed by atoms with Crippen molar-refractivity contribution in [3.63, 3.8) is 0 Å². The van der Waals surface area contributed by atoms with Crippen LogP contribution in [0.25, 0.3) is 0 Å². The summed E-state index contributed by atoms with van der Waals surface area (Å²) in [5.74, 6) is 0. The number of hydrogen-bond acceptors (Lipinski definition) is 3. The Kier molecular flexibility index (Phi) is 4.82. The first-order chi connectivity index (χ1) is 5.84. The van der Waals surface area contributed by atoms with Crippen LogP contribution >= 0.6 is 22.6 Å². The molecule has 0 radical (unpaired) electrons. The van der Waals surface area contributed by atoms with E-state index < -0.39 is 0 Å². The molecule has 0 spiro atoms. The van der Waals surface area contributed by atoms with Crippen molar-refractivity contribution in [3.8, 4) is 0 Å². The maximum absolute atomic E-state index is 5.14. The molecular weight excluding hydrogens is 267 g/mol. The van der Waals surface area contributed by atoms with Gasteiger partial charge >= 0.3 is 0 Å². The Morgan fingerprint density at radius 2 is 2.75 bits per heavy atom. The summed E-state index contributed by atoms with van der Waals surface area (Å²) in [6, 6.07) is 0.291. The molecule has 1 aliphatic heterocycles.